The Morgan fingerprint density at radius 2 is 2.06 bits per heavy atom. The van der Waals surface area contributed by atoms with Crippen LogP contribution in [0.5, 0.6) is 5.75 Å². The number of anilines is 1. The third kappa shape index (κ3) is 3.70. The molecule has 0 saturated carbocycles. The minimum Gasteiger partial charge on any atom is -0.494 e. The molecule has 0 aromatic heterocycles. The molecule has 0 bridgehead atoms. The molecule has 1 N–H and O–H groups in total. The lowest BCUT2D eigenvalue weighted by Gasteiger charge is -2.06. The lowest BCUT2D eigenvalue weighted by molar-refractivity contribution is -0.112. The van der Waals surface area contributed by atoms with Gasteiger partial charge in [0.25, 0.3) is 5.91 Å². The number of ether oxygens (including phenoxy) is 1. The maximum absolute atomic E-state index is 11.5. The Balaban J connectivity index is 2.65. The maximum atomic E-state index is 11.5. The molecule has 0 radical (unpaired) electrons. The average Bonchev–Trinajstić information content (AvgIpc) is 2.31. The predicted octanol–water partition coefficient (Wildman–Crippen LogP) is 3.32. The molecule has 0 atom stereocenters. The summed E-state index contributed by atoms with van der Waals surface area (Å²) in [6.07, 6.45) is 1.70. The van der Waals surface area contributed by atoms with Gasteiger partial charge in [-0.1, -0.05) is 6.08 Å². The lowest BCUT2D eigenvalue weighted by atomic mass is 10.3. The van der Waals surface area contributed by atoms with Gasteiger partial charge in [-0.3, -0.25) is 4.79 Å². The number of carbonyl (C=O) groups excluding carboxylic acids is 1. The van der Waals surface area contributed by atoms with Gasteiger partial charge in [-0.15, -0.1) is 0 Å². The average molecular weight is 284 g/mol. The molecule has 0 fully saturated rings. The first-order valence-corrected chi connectivity index (χ1v) is 5.82. The van der Waals surface area contributed by atoms with Crippen LogP contribution in [0.4, 0.5) is 5.69 Å². The van der Waals surface area contributed by atoms with E-state index in [-0.39, 0.29) is 5.91 Å². The van der Waals surface area contributed by atoms with Crippen molar-refractivity contribution in [3.63, 3.8) is 0 Å². The van der Waals surface area contributed by atoms with Crippen LogP contribution in [-0.2, 0) is 4.79 Å². The van der Waals surface area contributed by atoms with Crippen LogP contribution in [0.3, 0.4) is 0 Å². The molecule has 0 unspecified atom stereocenters. The summed E-state index contributed by atoms with van der Waals surface area (Å²) < 4.78 is 5.82. The van der Waals surface area contributed by atoms with E-state index in [2.05, 4.69) is 21.2 Å². The first kappa shape index (κ1) is 12.8. The first-order chi connectivity index (χ1) is 7.67. The monoisotopic (exact) mass is 283 g/mol. The Bertz CT molecular complexity index is 385. The Morgan fingerprint density at radius 3 is 2.56 bits per heavy atom. The summed E-state index contributed by atoms with van der Waals surface area (Å²) in [6.45, 7) is 4.36. The summed E-state index contributed by atoms with van der Waals surface area (Å²) in [5, 5.41) is 2.75. The Hall–Kier alpha value is -1.29. The molecule has 1 rings (SSSR count). The fourth-order valence-corrected chi connectivity index (χ4v) is 1.22. The summed E-state index contributed by atoms with van der Waals surface area (Å²) in [7, 11) is 0. The van der Waals surface area contributed by atoms with Gasteiger partial charge < -0.3 is 10.1 Å². The lowest BCUT2D eigenvalue weighted by Crippen LogP contribution is -2.10. The molecular formula is C12H14BrNO2. The number of allylic oxidation sites excluding steroid dienone is 1. The minimum absolute atomic E-state index is 0.161. The number of halogens is 1. The highest BCUT2D eigenvalue weighted by molar-refractivity contribution is 9.12. The molecule has 0 saturated heterocycles. The van der Waals surface area contributed by atoms with Crippen molar-refractivity contribution in [2.75, 3.05) is 11.9 Å². The van der Waals surface area contributed by atoms with Crippen LogP contribution in [0.2, 0.25) is 0 Å². The van der Waals surface area contributed by atoms with E-state index in [1.165, 1.54) is 0 Å². The zero-order valence-electron chi connectivity index (χ0n) is 9.29. The van der Waals surface area contributed by atoms with Crippen LogP contribution >= 0.6 is 15.9 Å². The molecular weight excluding hydrogens is 270 g/mol. The van der Waals surface area contributed by atoms with Crippen LogP contribution in [0, 0.1) is 0 Å². The predicted molar refractivity (Wildman–Crippen MR) is 68.9 cm³/mol. The number of nitrogens with one attached hydrogen (secondary N) is 1. The minimum atomic E-state index is -0.161. The fourth-order valence-electron chi connectivity index (χ4n) is 1.12. The molecule has 86 valence electrons. The van der Waals surface area contributed by atoms with Crippen molar-refractivity contribution in [3.8, 4) is 5.75 Å². The van der Waals surface area contributed by atoms with E-state index < -0.39 is 0 Å². The molecule has 0 aliphatic heterocycles. The second kappa shape index (κ2) is 6.33. The standard InChI is InChI=1S/C12H14BrNO2/c1-3-11(13)12(15)14-9-5-7-10(8-6-9)16-4-2/h3,5-8H,4H2,1-2H3,(H,14,15)/b11-3+. The molecule has 0 aliphatic carbocycles. The Labute approximate surface area is 104 Å². The second-order valence-corrected chi connectivity index (χ2v) is 3.90. The summed E-state index contributed by atoms with van der Waals surface area (Å²) >= 11 is 3.16. The number of carbonyl (C=O) groups is 1. The SMILES string of the molecule is C/C=C(/Br)C(=O)Nc1ccc(OCC)cc1. The normalized spacial score (nSPS) is 11.1. The maximum Gasteiger partial charge on any atom is 0.262 e. The zero-order chi connectivity index (χ0) is 12.0. The third-order valence-corrected chi connectivity index (χ3v) is 2.71. The smallest absolute Gasteiger partial charge is 0.262 e. The van der Waals surface area contributed by atoms with E-state index in [0.29, 0.717) is 11.1 Å². The van der Waals surface area contributed by atoms with Gasteiger partial charge in [-0.25, -0.2) is 0 Å². The quantitative estimate of drug-likeness (QED) is 0.861. The molecule has 0 spiro atoms. The van der Waals surface area contributed by atoms with Gasteiger partial charge in [0.15, 0.2) is 0 Å². The molecule has 4 heteroatoms. The fraction of sp³-hybridized carbons (Fsp3) is 0.250. The summed E-state index contributed by atoms with van der Waals surface area (Å²) in [6, 6.07) is 7.25. The van der Waals surface area contributed by atoms with Crippen molar-refractivity contribution in [1.29, 1.82) is 0 Å². The molecule has 0 heterocycles. The van der Waals surface area contributed by atoms with Gasteiger partial charge in [-0.2, -0.15) is 0 Å². The Kier molecular flexibility index (Phi) is 5.05. The van der Waals surface area contributed by atoms with E-state index in [4.69, 9.17) is 4.74 Å². The number of rotatable bonds is 4. The van der Waals surface area contributed by atoms with Crippen LogP contribution < -0.4 is 10.1 Å². The molecule has 1 amide bonds. The van der Waals surface area contributed by atoms with E-state index >= 15 is 0 Å². The van der Waals surface area contributed by atoms with Crippen LogP contribution in [0.25, 0.3) is 0 Å². The van der Waals surface area contributed by atoms with Crippen molar-refractivity contribution in [2.24, 2.45) is 0 Å². The number of benzene rings is 1. The van der Waals surface area contributed by atoms with Crippen molar-refractivity contribution < 1.29 is 9.53 Å². The van der Waals surface area contributed by atoms with E-state index in [1.807, 2.05) is 19.1 Å². The highest BCUT2D eigenvalue weighted by atomic mass is 79.9. The number of hydrogen-bond donors (Lipinski definition) is 1. The van der Waals surface area contributed by atoms with Crippen molar-refractivity contribution in [3.05, 3.63) is 34.8 Å². The summed E-state index contributed by atoms with van der Waals surface area (Å²) in [5.74, 6) is 0.636. The van der Waals surface area contributed by atoms with Crippen LogP contribution in [0.15, 0.2) is 34.8 Å². The Morgan fingerprint density at radius 1 is 1.44 bits per heavy atom. The van der Waals surface area contributed by atoms with E-state index in [0.717, 1.165) is 11.4 Å². The summed E-state index contributed by atoms with van der Waals surface area (Å²) in [4.78, 5) is 11.5. The second-order valence-electron chi connectivity index (χ2n) is 3.05. The van der Waals surface area contributed by atoms with Crippen molar-refractivity contribution in [1.82, 2.24) is 0 Å². The van der Waals surface area contributed by atoms with Crippen molar-refractivity contribution in [2.45, 2.75) is 13.8 Å². The zero-order valence-corrected chi connectivity index (χ0v) is 10.9. The highest BCUT2D eigenvalue weighted by Crippen LogP contribution is 2.17. The number of hydrogen-bond acceptors (Lipinski definition) is 2. The molecule has 16 heavy (non-hydrogen) atoms. The van der Waals surface area contributed by atoms with E-state index in [9.17, 15) is 4.79 Å². The molecule has 3 nitrogen and oxygen atoms in total. The number of amides is 1. The molecule has 0 aliphatic rings. The van der Waals surface area contributed by atoms with Gasteiger partial charge >= 0.3 is 0 Å². The molecule has 1 aromatic rings. The van der Waals surface area contributed by atoms with Gasteiger partial charge in [0.1, 0.15) is 5.75 Å². The third-order valence-electron chi connectivity index (χ3n) is 1.89. The first-order valence-electron chi connectivity index (χ1n) is 5.03. The summed E-state index contributed by atoms with van der Waals surface area (Å²) in [5.41, 5.74) is 0.743. The van der Waals surface area contributed by atoms with Gasteiger partial charge in [0.05, 0.1) is 11.1 Å². The van der Waals surface area contributed by atoms with Gasteiger partial charge in [0, 0.05) is 5.69 Å². The highest BCUT2D eigenvalue weighted by Gasteiger charge is 2.04. The van der Waals surface area contributed by atoms with Gasteiger partial charge in [-0.05, 0) is 54.0 Å². The van der Waals surface area contributed by atoms with Crippen LogP contribution in [-0.4, -0.2) is 12.5 Å². The topological polar surface area (TPSA) is 38.3 Å². The van der Waals surface area contributed by atoms with Gasteiger partial charge in [0.2, 0.25) is 0 Å². The van der Waals surface area contributed by atoms with Crippen molar-refractivity contribution >= 4 is 27.5 Å². The largest absolute Gasteiger partial charge is 0.494 e. The molecule has 1 aromatic carbocycles. The van der Waals surface area contributed by atoms with Crippen LogP contribution in [0.1, 0.15) is 13.8 Å². The van der Waals surface area contributed by atoms with E-state index in [1.54, 1.807) is 25.1 Å².